The van der Waals surface area contributed by atoms with Gasteiger partial charge in [0.25, 0.3) is 0 Å². The number of nitrogens with one attached hydrogen (secondary N) is 3. The minimum atomic E-state index is -1.26. The molecule has 4 rings (SSSR count). The average molecular weight is 429 g/mol. The van der Waals surface area contributed by atoms with Crippen LogP contribution in [0, 0.1) is 0 Å². The van der Waals surface area contributed by atoms with Crippen molar-refractivity contribution in [1.82, 2.24) is 20.5 Å². The minimum Gasteiger partial charge on any atom is -0.478 e. The van der Waals surface area contributed by atoms with Gasteiger partial charge in [0.05, 0.1) is 6.04 Å². The van der Waals surface area contributed by atoms with Gasteiger partial charge in [0.15, 0.2) is 5.11 Å². The summed E-state index contributed by atoms with van der Waals surface area (Å²) in [4.78, 5) is 24.9. The van der Waals surface area contributed by atoms with E-state index in [2.05, 4.69) is 58.0 Å². The lowest BCUT2D eigenvalue weighted by atomic mass is 9.81. The molecule has 0 saturated carbocycles. The lowest BCUT2D eigenvalue weighted by Gasteiger charge is -2.40. The van der Waals surface area contributed by atoms with Crippen molar-refractivity contribution in [2.24, 2.45) is 0 Å². The standard InChI is InChI=1S/C17H20N4S.C4H4O4/c1-18-17(22)20-11-7-13-12-4-3-5-14-16(12)10(8-19-14)6-15(13)21(2)9-11;5-3(6)1-2-4(7)8/h3-5,7-8,11,15,19H,6,9H2,1-2H3,(H2,18,20,22);1-2H,(H,5,6)(H,7,8)/t11-,15+;/m0./s1. The monoisotopic (exact) mass is 428 g/mol. The molecule has 0 spiro atoms. The number of aromatic nitrogens is 1. The molecule has 2 aliphatic rings. The van der Waals surface area contributed by atoms with Crippen LogP contribution in [0.3, 0.4) is 0 Å². The van der Waals surface area contributed by atoms with Crippen molar-refractivity contribution >= 4 is 45.7 Å². The number of likely N-dealkylation sites (N-methyl/N-ethyl adjacent to an activating group) is 1. The maximum Gasteiger partial charge on any atom is 0.328 e. The van der Waals surface area contributed by atoms with E-state index in [0.717, 1.165) is 13.0 Å². The zero-order chi connectivity index (χ0) is 21.8. The molecular weight excluding hydrogens is 404 g/mol. The van der Waals surface area contributed by atoms with Crippen molar-refractivity contribution in [3.8, 4) is 0 Å². The molecule has 2 aromatic rings. The van der Waals surface area contributed by atoms with Gasteiger partial charge in [-0.2, -0.15) is 0 Å². The van der Waals surface area contributed by atoms with Crippen LogP contribution in [0.1, 0.15) is 11.1 Å². The summed E-state index contributed by atoms with van der Waals surface area (Å²) in [6.07, 6.45) is 6.71. The Hall–Kier alpha value is -3.17. The Bertz CT molecular complexity index is 1030. The van der Waals surface area contributed by atoms with Crippen molar-refractivity contribution in [3.63, 3.8) is 0 Å². The summed E-state index contributed by atoms with van der Waals surface area (Å²) in [6.45, 7) is 0.964. The first-order chi connectivity index (χ1) is 14.3. The number of hydrogen-bond donors (Lipinski definition) is 5. The number of carboxylic acid groups (broad SMARTS) is 2. The highest BCUT2D eigenvalue weighted by Gasteiger charge is 2.33. The fourth-order valence-electron chi connectivity index (χ4n) is 3.93. The first-order valence-electron chi connectivity index (χ1n) is 9.43. The van der Waals surface area contributed by atoms with Crippen LogP contribution >= 0.6 is 12.2 Å². The van der Waals surface area contributed by atoms with E-state index >= 15 is 0 Å². The summed E-state index contributed by atoms with van der Waals surface area (Å²) in [5.74, 6) is -2.51. The Morgan fingerprint density at radius 3 is 2.60 bits per heavy atom. The van der Waals surface area contributed by atoms with Crippen LogP contribution in [-0.4, -0.2) is 69.9 Å². The second-order valence-electron chi connectivity index (χ2n) is 7.16. The second-order valence-corrected chi connectivity index (χ2v) is 7.57. The number of carbonyl (C=O) groups is 2. The van der Waals surface area contributed by atoms with E-state index in [9.17, 15) is 9.59 Å². The molecule has 2 heterocycles. The minimum absolute atomic E-state index is 0.243. The number of nitrogens with zero attached hydrogens (tertiary/aromatic N) is 1. The summed E-state index contributed by atoms with van der Waals surface area (Å²) in [5, 5.41) is 24.1. The van der Waals surface area contributed by atoms with Gasteiger partial charge in [-0.3, -0.25) is 4.90 Å². The lowest BCUT2D eigenvalue weighted by molar-refractivity contribution is -0.134. The third-order valence-corrected chi connectivity index (χ3v) is 5.50. The Labute approximate surface area is 179 Å². The fraction of sp³-hybridized carbons (Fsp3) is 0.286. The largest absolute Gasteiger partial charge is 0.478 e. The molecular formula is C21H24N4O4S. The van der Waals surface area contributed by atoms with Crippen LogP contribution in [0.4, 0.5) is 0 Å². The molecule has 0 amide bonds. The van der Waals surface area contributed by atoms with Crippen LogP contribution in [0.2, 0.25) is 0 Å². The normalized spacial score (nSPS) is 20.0. The summed E-state index contributed by atoms with van der Waals surface area (Å²) < 4.78 is 0. The average Bonchev–Trinajstić information content (AvgIpc) is 3.12. The van der Waals surface area contributed by atoms with E-state index in [1.807, 2.05) is 7.05 Å². The molecule has 0 saturated heterocycles. The Balaban J connectivity index is 0.000000275. The number of aromatic amines is 1. The van der Waals surface area contributed by atoms with Gasteiger partial charge in [0.1, 0.15) is 0 Å². The van der Waals surface area contributed by atoms with E-state index in [1.165, 1.54) is 27.6 Å². The molecule has 1 aromatic carbocycles. The molecule has 8 nitrogen and oxygen atoms in total. The van der Waals surface area contributed by atoms with E-state index in [-0.39, 0.29) is 6.04 Å². The van der Waals surface area contributed by atoms with Gasteiger partial charge in [0, 0.05) is 48.9 Å². The number of fused-ring (bicyclic) bond motifs is 2. The van der Waals surface area contributed by atoms with Crippen molar-refractivity contribution in [2.75, 3.05) is 20.6 Å². The van der Waals surface area contributed by atoms with Gasteiger partial charge < -0.3 is 25.8 Å². The third-order valence-electron chi connectivity index (χ3n) is 5.18. The highest BCUT2D eigenvalue weighted by molar-refractivity contribution is 7.80. The molecule has 0 fully saturated rings. The zero-order valence-corrected chi connectivity index (χ0v) is 17.5. The molecule has 1 aromatic heterocycles. The Morgan fingerprint density at radius 2 is 1.97 bits per heavy atom. The number of rotatable bonds is 3. The third kappa shape index (κ3) is 4.69. The summed E-state index contributed by atoms with van der Waals surface area (Å²) in [6, 6.07) is 7.23. The highest BCUT2D eigenvalue weighted by atomic mass is 32.1. The quantitative estimate of drug-likeness (QED) is 0.370. The number of benzene rings is 1. The van der Waals surface area contributed by atoms with E-state index < -0.39 is 11.9 Å². The van der Waals surface area contributed by atoms with Crippen LogP contribution in [0.15, 0.2) is 42.6 Å². The molecule has 0 radical (unpaired) electrons. The molecule has 158 valence electrons. The van der Waals surface area contributed by atoms with E-state index in [4.69, 9.17) is 22.4 Å². The smallest absolute Gasteiger partial charge is 0.328 e. The number of carboxylic acids is 2. The predicted octanol–water partition coefficient (Wildman–Crippen LogP) is 1.60. The first-order valence-corrected chi connectivity index (χ1v) is 9.84. The summed E-state index contributed by atoms with van der Waals surface area (Å²) >= 11 is 5.26. The Morgan fingerprint density at radius 1 is 1.27 bits per heavy atom. The number of H-pyrrole nitrogens is 1. The van der Waals surface area contributed by atoms with E-state index in [0.29, 0.717) is 23.3 Å². The van der Waals surface area contributed by atoms with Crippen molar-refractivity contribution in [2.45, 2.75) is 18.5 Å². The zero-order valence-electron chi connectivity index (χ0n) is 16.7. The molecule has 30 heavy (non-hydrogen) atoms. The van der Waals surface area contributed by atoms with Crippen LogP contribution in [-0.2, 0) is 16.0 Å². The molecule has 2 atom stereocenters. The predicted molar refractivity (Wildman–Crippen MR) is 119 cm³/mol. The molecule has 1 aliphatic carbocycles. The first kappa shape index (κ1) is 21.5. The van der Waals surface area contributed by atoms with Crippen molar-refractivity contribution in [1.29, 1.82) is 0 Å². The van der Waals surface area contributed by atoms with Gasteiger partial charge in [-0.15, -0.1) is 0 Å². The van der Waals surface area contributed by atoms with Crippen LogP contribution in [0.25, 0.3) is 16.5 Å². The van der Waals surface area contributed by atoms with E-state index in [1.54, 1.807) is 0 Å². The molecule has 1 aliphatic heterocycles. The number of thiocarbonyl (C=S) groups is 1. The van der Waals surface area contributed by atoms with Gasteiger partial charge in [0.2, 0.25) is 0 Å². The lowest BCUT2D eigenvalue weighted by Crippen LogP contribution is -2.51. The van der Waals surface area contributed by atoms with Crippen molar-refractivity contribution in [3.05, 3.63) is 53.8 Å². The topological polar surface area (TPSA) is 118 Å². The summed E-state index contributed by atoms with van der Waals surface area (Å²) in [7, 11) is 4.05. The molecule has 0 unspecified atom stereocenters. The van der Waals surface area contributed by atoms with Gasteiger partial charge in [-0.1, -0.05) is 18.2 Å². The maximum absolute atomic E-state index is 9.55. The second kappa shape index (κ2) is 9.10. The van der Waals surface area contributed by atoms with Gasteiger partial charge in [-0.25, -0.2) is 9.59 Å². The molecule has 9 heteroatoms. The number of hydrogen-bond acceptors (Lipinski definition) is 4. The Kier molecular flexibility index (Phi) is 6.53. The van der Waals surface area contributed by atoms with Crippen LogP contribution < -0.4 is 10.6 Å². The fourth-order valence-corrected chi connectivity index (χ4v) is 4.08. The van der Waals surface area contributed by atoms with Gasteiger partial charge >= 0.3 is 11.9 Å². The highest BCUT2D eigenvalue weighted by Crippen LogP contribution is 2.39. The SMILES string of the molecule is CNC(=S)N[C@H]1C=C2c3cccc4[nH]cc(c34)C[C@H]2N(C)C1.O=C(O)C=CC(=O)O. The van der Waals surface area contributed by atoms with Gasteiger partial charge in [-0.05, 0) is 48.5 Å². The maximum atomic E-state index is 9.55. The van der Waals surface area contributed by atoms with Crippen molar-refractivity contribution < 1.29 is 19.8 Å². The van der Waals surface area contributed by atoms with Crippen LogP contribution in [0.5, 0.6) is 0 Å². The molecule has 0 bridgehead atoms. The number of aliphatic carboxylic acids is 2. The summed E-state index contributed by atoms with van der Waals surface area (Å²) in [5.41, 5.74) is 5.44. The molecule has 5 N–H and O–H groups in total.